The van der Waals surface area contributed by atoms with E-state index < -0.39 is 0 Å². The van der Waals surface area contributed by atoms with Crippen molar-refractivity contribution in [3.63, 3.8) is 0 Å². The molecule has 96 valence electrons. The second kappa shape index (κ2) is 5.38. The summed E-state index contributed by atoms with van der Waals surface area (Å²) in [5.41, 5.74) is 0. The molecule has 1 heterocycles. The van der Waals surface area contributed by atoms with Crippen molar-refractivity contribution in [2.24, 2.45) is 0 Å². The van der Waals surface area contributed by atoms with Crippen molar-refractivity contribution < 1.29 is 9.59 Å². The van der Waals surface area contributed by atoms with Crippen LogP contribution < -0.4 is 10.6 Å². The summed E-state index contributed by atoms with van der Waals surface area (Å²) in [6, 6.07) is 0.522. The van der Waals surface area contributed by atoms with Crippen LogP contribution in [0.25, 0.3) is 0 Å². The van der Waals surface area contributed by atoms with Crippen molar-refractivity contribution in [1.82, 2.24) is 15.5 Å². The normalized spacial score (nSPS) is 25.0. The zero-order valence-electron chi connectivity index (χ0n) is 10.4. The van der Waals surface area contributed by atoms with Gasteiger partial charge in [0.2, 0.25) is 5.91 Å². The molecule has 1 saturated carbocycles. The Morgan fingerprint density at radius 2 is 1.76 bits per heavy atom. The van der Waals surface area contributed by atoms with Crippen LogP contribution in [0.15, 0.2) is 0 Å². The Balaban J connectivity index is 1.75. The summed E-state index contributed by atoms with van der Waals surface area (Å²) in [4.78, 5) is 24.7. The Bertz CT molecular complexity index is 300. The first-order valence-corrected chi connectivity index (χ1v) is 6.47. The maximum absolute atomic E-state index is 11.9. The lowest BCUT2D eigenvalue weighted by Crippen LogP contribution is -2.44. The number of carbonyl (C=O) groups is 2. The van der Waals surface area contributed by atoms with Gasteiger partial charge in [0.05, 0.1) is 0 Å². The van der Waals surface area contributed by atoms with Gasteiger partial charge in [-0.15, -0.1) is 0 Å². The second-order valence-corrected chi connectivity index (χ2v) is 5.06. The minimum absolute atomic E-state index is 0.0203. The zero-order valence-corrected chi connectivity index (χ0v) is 10.4. The predicted molar refractivity (Wildman–Crippen MR) is 64.6 cm³/mol. The standard InChI is InChI=1S/C12H21N3O2/c1-9(16)13-11-6-7-15(8-11)12(17)14-10-4-2-3-5-10/h10-11H,2-8H2,1H3,(H,13,16)(H,14,17). The van der Waals surface area contributed by atoms with Gasteiger partial charge < -0.3 is 15.5 Å². The molecule has 2 rings (SSSR count). The number of carbonyl (C=O) groups excluding carboxylic acids is 2. The molecule has 0 spiro atoms. The van der Waals surface area contributed by atoms with Crippen molar-refractivity contribution in [2.45, 2.75) is 51.1 Å². The molecule has 2 N–H and O–H groups in total. The van der Waals surface area contributed by atoms with Gasteiger partial charge in [-0.3, -0.25) is 4.79 Å². The zero-order chi connectivity index (χ0) is 12.3. The summed E-state index contributed by atoms with van der Waals surface area (Å²) >= 11 is 0. The molecule has 5 heteroatoms. The van der Waals surface area contributed by atoms with Crippen LogP contribution in [-0.4, -0.2) is 42.0 Å². The maximum atomic E-state index is 11.9. The van der Waals surface area contributed by atoms with E-state index in [9.17, 15) is 9.59 Å². The van der Waals surface area contributed by atoms with Crippen LogP contribution in [-0.2, 0) is 4.79 Å². The molecule has 0 aromatic heterocycles. The molecule has 5 nitrogen and oxygen atoms in total. The first kappa shape index (κ1) is 12.2. The lowest BCUT2D eigenvalue weighted by Gasteiger charge is -2.20. The lowest BCUT2D eigenvalue weighted by molar-refractivity contribution is -0.119. The first-order chi connectivity index (χ1) is 8.15. The van der Waals surface area contributed by atoms with Gasteiger partial charge in [-0.25, -0.2) is 4.79 Å². The van der Waals surface area contributed by atoms with Crippen molar-refractivity contribution in [3.05, 3.63) is 0 Å². The van der Waals surface area contributed by atoms with Crippen molar-refractivity contribution in [2.75, 3.05) is 13.1 Å². The third-order valence-corrected chi connectivity index (χ3v) is 3.57. The third-order valence-electron chi connectivity index (χ3n) is 3.57. The number of hydrogen-bond donors (Lipinski definition) is 2. The van der Waals surface area contributed by atoms with Crippen molar-refractivity contribution >= 4 is 11.9 Å². The highest BCUT2D eigenvalue weighted by molar-refractivity contribution is 5.76. The van der Waals surface area contributed by atoms with Gasteiger partial charge in [-0.2, -0.15) is 0 Å². The average molecular weight is 239 g/mol. The number of hydrogen-bond acceptors (Lipinski definition) is 2. The Morgan fingerprint density at radius 1 is 1.06 bits per heavy atom. The maximum Gasteiger partial charge on any atom is 0.317 e. The Hall–Kier alpha value is -1.26. The highest BCUT2D eigenvalue weighted by atomic mass is 16.2. The minimum Gasteiger partial charge on any atom is -0.352 e. The summed E-state index contributed by atoms with van der Waals surface area (Å²) in [5, 5.41) is 5.93. The monoisotopic (exact) mass is 239 g/mol. The average Bonchev–Trinajstić information content (AvgIpc) is 2.87. The van der Waals surface area contributed by atoms with Gasteiger partial charge in [0.25, 0.3) is 0 Å². The fraction of sp³-hybridized carbons (Fsp3) is 0.833. The van der Waals surface area contributed by atoms with Gasteiger partial charge in [-0.05, 0) is 19.3 Å². The quantitative estimate of drug-likeness (QED) is 0.750. The van der Waals surface area contributed by atoms with E-state index in [2.05, 4.69) is 10.6 Å². The topological polar surface area (TPSA) is 61.4 Å². The molecule has 0 aromatic carbocycles. The van der Waals surface area contributed by atoms with E-state index in [0.717, 1.165) is 25.8 Å². The molecular formula is C12H21N3O2. The highest BCUT2D eigenvalue weighted by Crippen LogP contribution is 2.18. The van der Waals surface area contributed by atoms with Crippen LogP contribution >= 0.6 is 0 Å². The molecule has 0 aromatic rings. The molecule has 1 saturated heterocycles. The van der Waals surface area contributed by atoms with E-state index in [-0.39, 0.29) is 18.0 Å². The Morgan fingerprint density at radius 3 is 2.41 bits per heavy atom. The van der Waals surface area contributed by atoms with E-state index in [1.54, 1.807) is 4.90 Å². The SMILES string of the molecule is CC(=O)NC1CCN(C(=O)NC2CCCC2)C1. The Labute approximate surface area is 102 Å². The highest BCUT2D eigenvalue weighted by Gasteiger charge is 2.28. The molecule has 1 aliphatic carbocycles. The molecule has 0 bridgehead atoms. The smallest absolute Gasteiger partial charge is 0.317 e. The van der Waals surface area contributed by atoms with E-state index in [1.807, 2.05) is 0 Å². The van der Waals surface area contributed by atoms with E-state index in [1.165, 1.54) is 19.8 Å². The van der Waals surface area contributed by atoms with Gasteiger partial charge in [0.1, 0.15) is 0 Å². The number of nitrogens with zero attached hydrogens (tertiary/aromatic N) is 1. The third kappa shape index (κ3) is 3.35. The summed E-state index contributed by atoms with van der Waals surface area (Å²) in [5.74, 6) is -0.0203. The van der Waals surface area contributed by atoms with Gasteiger partial charge in [-0.1, -0.05) is 12.8 Å². The van der Waals surface area contributed by atoms with E-state index in [0.29, 0.717) is 12.6 Å². The molecular weight excluding hydrogens is 218 g/mol. The number of amides is 3. The van der Waals surface area contributed by atoms with Crippen LogP contribution in [0.4, 0.5) is 4.79 Å². The number of nitrogens with one attached hydrogen (secondary N) is 2. The van der Waals surface area contributed by atoms with Gasteiger partial charge in [0.15, 0.2) is 0 Å². The van der Waals surface area contributed by atoms with Gasteiger partial charge in [0, 0.05) is 32.1 Å². The van der Waals surface area contributed by atoms with Crippen LogP contribution in [0.2, 0.25) is 0 Å². The summed E-state index contributed by atoms with van der Waals surface area (Å²) in [6.07, 6.45) is 5.51. The Kier molecular flexibility index (Phi) is 3.86. The molecule has 3 amide bonds. The fourth-order valence-electron chi connectivity index (χ4n) is 2.69. The van der Waals surface area contributed by atoms with Crippen molar-refractivity contribution in [3.8, 4) is 0 Å². The molecule has 1 unspecified atom stereocenters. The largest absolute Gasteiger partial charge is 0.352 e. The minimum atomic E-state index is -0.0203. The summed E-state index contributed by atoms with van der Waals surface area (Å²) in [6.45, 7) is 2.89. The molecule has 1 atom stereocenters. The van der Waals surface area contributed by atoms with Crippen molar-refractivity contribution in [1.29, 1.82) is 0 Å². The molecule has 0 radical (unpaired) electrons. The molecule has 2 fully saturated rings. The lowest BCUT2D eigenvalue weighted by atomic mass is 10.2. The van der Waals surface area contributed by atoms with E-state index in [4.69, 9.17) is 0 Å². The first-order valence-electron chi connectivity index (χ1n) is 6.47. The molecule has 2 aliphatic rings. The summed E-state index contributed by atoms with van der Waals surface area (Å²) < 4.78 is 0. The molecule has 1 aliphatic heterocycles. The second-order valence-electron chi connectivity index (χ2n) is 5.06. The van der Waals surface area contributed by atoms with Crippen LogP contribution in [0.1, 0.15) is 39.0 Å². The fourth-order valence-corrected chi connectivity index (χ4v) is 2.69. The van der Waals surface area contributed by atoms with Crippen LogP contribution in [0, 0.1) is 0 Å². The van der Waals surface area contributed by atoms with Gasteiger partial charge >= 0.3 is 6.03 Å². The number of rotatable bonds is 2. The number of likely N-dealkylation sites (tertiary alicyclic amines) is 1. The predicted octanol–water partition coefficient (Wildman–Crippen LogP) is 0.849. The number of urea groups is 1. The molecule has 17 heavy (non-hydrogen) atoms. The van der Waals surface area contributed by atoms with Crippen LogP contribution in [0.3, 0.4) is 0 Å². The summed E-state index contributed by atoms with van der Waals surface area (Å²) in [7, 11) is 0. The van der Waals surface area contributed by atoms with E-state index >= 15 is 0 Å². The van der Waals surface area contributed by atoms with Crippen LogP contribution in [0.5, 0.6) is 0 Å².